The molecular formula is C21H21FN4O4. The van der Waals surface area contributed by atoms with Crippen LogP contribution in [0.2, 0.25) is 0 Å². The van der Waals surface area contributed by atoms with E-state index in [1.54, 1.807) is 13.2 Å². The number of ether oxygens (including phenoxy) is 1. The van der Waals surface area contributed by atoms with Crippen LogP contribution in [0.3, 0.4) is 0 Å². The average molecular weight is 412 g/mol. The molecule has 0 unspecified atom stereocenters. The second-order valence-corrected chi connectivity index (χ2v) is 6.29. The summed E-state index contributed by atoms with van der Waals surface area (Å²) in [7, 11) is 1.59. The summed E-state index contributed by atoms with van der Waals surface area (Å²) in [5.74, 6) is -0.632. The number of benzene rings is 2. The van der Waals surface area contributed by atoms with Crippen LogP contribution in [-0.2, 0) is 6.42 Å². The van der Waals surface area contributed by atoms with Crippen molar-refractivity contribution < 1.29 is 24.2 Å². The van der Waals surface area contributed by atoms with Crippen molar-refractivity contribution in [3.8, 4) is 11.5 Å². The van der Waals surface area contributed by atoms with Crippen molar-refractivity contribution in [2.24, 2.45) is 0 Å². The van der Waals surface area contributed by atoms with E-state index in [1.165, 1.54) is 18.3 Å². The standard InChI is InChI=1S/C21H21FN4O4/c1-30-16-7-4-14(5-8-16)10-12-24-21(28)26(15-6-9-19(27)17(22)13-15)20-18(25-29)3-2-11-23-20/h2-9,11,13,25,27,29H,10,12H2,1H3,(H,24,28). The first-order valence-corrected chi connectivity index (χ1v) is 9.08. The molecule has 0 radical (unpaired) electrons. The third-order valence-corrected chi connectivity index (χ3v) is 4.36. The maximum absolute atomic E-state index is 13.9. The Morgan fingerprint density at radius 3 is 2.63 bits per heavy atom. The monoisotopic (exact) mass is 412 g/mol. The van der Waals surface area contributed by atoms with Gasteiger partial charge in [-0.15, -0.1) is 0 Å². The summed E-state index contributed by atoms with van der Waals surface area (Å²) in [4.78, 5) is 18.2. The van der Waals surface area contributed by atoms with E-state index in [0.717, 1.165) is 28.3 Å². The minimum absolute atomic E-state index is 0.0621. The quantitative estimate of drug-likeness (QED) is 0.440. The molecule has 2 aromatic carbocycles. The third-order valence-electron chi connectivity index (χ3n) is 4.36. The molecule has 4 N–H and O–H groups in total. The number of urea groups is 1. The fraction of sp³-hybridized carbons (Fsp3) is 0.143. The van der Waals surface area contributed by atoms with Crippen LogP contribution in [0.4, 0.5) is 26.4 Å². The smallest absolute Gasteiger partial charge is 0.327 e. The zero-order valence-corrected chi connectivity index (χ0v) is 16.2. The van der Waals surface area contributed by atoms with Gasteiger partial charge in [0.2, 0.25) is 0 Å². The number of aromatic hydroxyl groups is 1. The van der Waals surface area contributed by atoms with E-state index in [0.29, 0.717) is 13.0 Å². The number of hydrogen-bond acceptors (Lipinski definition) is 6. The Kier molecular flexibility index (Phi) is 6.66. The number of nitrogens with zero attached hydrogens (tertiary/aromatic N) is 2. The van der Waals surface area contributed by atoms with Crippen LogP contribution in [0.1, 0.15) is 5.56 Å². The van der Waals surface area contributed by atoms with E-state index >= 15 is 0 Å². The lowest BCUT2D eigenvalue weighted by Gasteiger charge is -2.24. The lowest BCUT2D eigenvalue weighted by atomic mass is 10.1. The van der Waals surface area contributed by atoms with Crippen LogP contribution in [-0.4, -0.2) is 35.0 Å². The first-order valence-electron chi connectivity index (χ1n) is 9.08. The fourth-order valence-electron chi connectivity index (χ4n) is 2.82. The number of methoxy groups -OCH3 is 1. The number of phenols is 1. The normalized spacial score (nSPS) is 10.4. The second kappa shape index (κ2) is 9.57. The van der Waals surface area contributed by atoms with E-state index in [1.807, 2.05) is 29.7 Å². The van der Waals surface area contributed by atoms with Crippen molar-refractivity contribution in [1.29, 1.82) is 0 Å². The van der Waals surface area contributed by atoms with Crippen LogP contribution in [0.25, 0.3) is 0 Å². The lowest BCUT2D eigenvalue weighted by Crippen LogP contribution is -2.38. The van der Waals surface area contributed by atoms with E-state index in [4.69, 9.17) is 4.74 Å². The van der Waals surface area contributed by atoms with Crippen molar-refractivity contribution in [3.05, 3.63) is 72.2 Å². The van der Waals surface area contributed by atoms with Gasteiger partial charge in [0.15, 0.2) is 17.4 Å². The molecule has 0 bridgehead atoms. The molecule has 30 heavy (non-hydrogen) atoms. The molecule has 0 saturated carbocycles. The Hall–Kier alpha value is -3.85. The molecule has 0 atom stereocenters. The highest BCUT2D eigenvalue weighted by Crippen LogP contribution is 2.32. The summed E-state index contributed by atoms with van der Waals surface area (Å²) in [6.45, 7) is 0.303. The zero-order valence-electron chi connectivity index (χ0n) is 16.2. The summed E-state index contributed by atoms with van der Waals surface area (Å²) >= 11 is 0. The lowest BCUT2D eigenvalue weighted by molar-refractivity contribution is 0.248. The number of nitrogens with one attached hydrogen (secondary N) is 2. The number of pyridine rings is 1. The Morgan fingerprint density at radius 2 is 1.97 bits per heavy atom. The number of carbonyl (C=O) groups is 1. The van der Waals surface area contributed by atoms with Crippen molar-refractivity contribution in [2.45, 2.75) is 6.42 Å². The van der Waals surface area contributed by atoms with Gasteiger partial charge in [0.05, 0.1) is 12.8 Å². The Labute approximate surface area is 172 Å². The van der Waals surface area contributed by atoms with Crippen LogP contribution in [0.5, 0.6) is 11.5 Å². The first-order chi connectivity index (χ1) is 14.5. The summed E-state index contributed by atoms with van der Waals surface area (Å²) < 4.78 is 19.1. The first kappa shape index (κ1) is 20.9. The van der Waals surface area contributed by atoms with E-state index in [-0.39, 0.29) is 17.2 Å². The molecule has 1 aromatic heterocycles. The number of rotatable bonds is 7. The van der Waals surface area contributed by atoms with Gasteiger partial charge in [-0.2, -0.15) is 0 Å². The molecule has 156 valence electrons. The van der Waals surface area contributed by atoms with Gasteiger partial charge in [-0.3, -0.25) is 10.7 Å². The summed E-state index contributed by atoms with van der Waals surface area (Å²) in [6, 6.07) is 13.5. The average Bonchev–Trinajstić information content (AvgIpc) is 2.77. The molecule has 2 amide bonds. The Balaban J connectivity index is 1.81. The van der Waals surface area contributed by atoms with E-state index in [9.17, 15) is 19.5 Å². The van der Waals surface area contributed by atoms with Crippen molar-refractivity contribution in [1.82, 2.24) is 10.3 Å². The molecule has 3 rings (SSSR count). The molecule has 0 aliphatic rings. The summed E-state index contributed by atoms with van der Waals surface area (Å²) in [6.07, 6.45) is 1.99. The molecule has 8 nitrogen and oxygen atoms in total. The molecule has 0 fully saturated rings. The molecular weight excluding hydrogens is 391 g/mol. The van der Waals surface area contributed by atoms with Gasteiger partial charge in [0.25, 0.3) is 0 Å². The van der Waals surface area contributed by atoms with Crippen molar-refractivity contribution >= 4 is 23.2 Å². The van der Waals surface area contributed by atoms with E-state index in [2.05, 4.69) is 10.3 Å². The van der Waals surface area contributed by atoms with E-state index < -0.39 is 17.6 Å². The predicted octanol–water partition coefficient (Wildman–Crippen LogP) is 3.83. The fourth-order valence-corrected chi connectivity index (χ4v) is 2.82. The molecule has 9 heteroatoms. The highest BCUT2D eigenvalue weighted by Gasteiger charge is 2.23. The predicted molar refractivity (Wildman–Crippen MR) is 110 cm³/mol. The maximum Gasteiger partial charge on any atom is 0.327 e. The number of hydrogen-bond donors (Lipinski definition) is 4. The van der Waals surface area contributed by atoms with Gasteiger partial charge < -0.3 is 15.2 Å². The topological polar surface area (TPSA) is 107 Å². The molecule has 3 aromatic rings. The highest BCUT2D eigenvalue weighted by molar-refractivity contribution is 6.01. The molecule has 0 saturated heterocycles. The largest absolute Gasteiger partial charge is 0.505 e. The van der Waals surface area contributed by atoms with Gasteiger partial charge >= 0.3 is 6.03 Å². The van der Waals surface area contributed by atoms with Crippen LogP contribution in [0, 0.1) is 5.82 Å². The number of amides is 2. The number of phenolic OH excluding ortho intramolecular Hbond substituents is 1. The van der Waals surface area contributed by atoms with Crippen molar-refractivity contribution in [3.63, 3.8) is 0 Å². The van der Waals surface area contributed by atoms with Gasteiger partial charge in [0.1, 0.15) is 11.4 Å². The van der Waals surface area contributed by atoms with Crippen LogP contribution < -0.4 is 20.4 Å². The number of halogens is 1. The third kappa shape index (κ3) is 4.76. The van der Waals surface area contributed by atoms with Gasteiger partial charge in [-0.1, -0.05) is 12.1 Å². The zero-order chi connectivity index (χ0) is 21.5. The molecule has 0 aliphatic carbocycles. The maximum atomic E-state index is 13.9. The highest BCUT2D eigenvalue weighted by atomic mass is 19.1. The Bertz CT molecular complexity index is 1010. The summed E-state index contributed by atoms with van der Waals surface area (Å²) in [5, 5.41) is 21.6. The van der Waals surface area contributed by atoms with Crippen molar-refractivity contribution in [2.75, 3.05) is 24.0 Å². The number of anilines is 3. The van der Waals surface area contributed by atoms with Gasteiger partial charge in [-0.05, 0) is 48.4 Å². The number of aromatic nitrogens is 1. The molecule has 1 heterocycles. The second-order valence-electron chi connectivity index (χ2n) is 6.29. The van der Waals surface area contributed by atoms with Gasteiger partial charge in [-0.25, -0.2) is 19.1 Å². The van der Waals surface area contributed by atoms with Gasteiger partial charge in [0, 0.05) is 18.8 Å². The minimum Gasteiger partial charge on any atom is -0.505 e. The van der Waals surface area contributed by atoms with Crippen LogP contribution in [0.15, 0.2) is 60.8 Å². The SMILES string of the molecule is COc1ccc(CCNC(=O)N(c2ccc(O)c(F)c2)c2ncccc2NO)cc1. The summed E-state index contributed by atoms with van der Waals surface area (Å²) in [5.41, 5.74) is 3.25. The Morgan fingerprint density at radius 1 is 1.20 bits per heavy atom. The minimum atomic E-state index is -0.891. The van der Waals surface area contributed by atoms with Crippen LogP contribution >= 0.6 is 0 Å². The molecule has 0 spiro atoms. The number of carbonyl (C=O) groups excluding carboxylic acids is 1. The molecule has 0 aliphatic heterocycles.